The molecule has 0 aliphatic heterocycles. The predicted molar refractivity (Wildman–Crippen MR) is 77.4 cm³/mol. The van der Waals surface area contributed by atoms with Crippen LogP contribution in [0.5, 0.6) is 5.75 Å². The lowest BCUT2D eigenvalue weighted by Gasteiger charge is -2.08. The van der Waals surface area contributed by atoms with Crippen molar-refractivity contribution in [3.8, 4) is 5.75 Å². The van der Waals surface area contributed by atoms with Gasteiger partial charge in [0.1, 0.15) is 12.4 Å². The summed E-state index contributed by atoms with van der Waals surface area (Å²) in [6.45, 7) is 2.13. The van der Waals surface area contributed by atoms with Crippen molar-refractivity contribution in [1.29, 1.82) is 0 Å². The number of ether oxygens (including phenoxy) is 1. The molecule has 0 bridgehead atoms. The maximum Gasteiger partial charge on any atom is 0.214 e. The summed E-state index contributed by atoms with van der Waals surface area (Å²) in [5.74, 6) is 0.770. The second-order valence-corrected chi connectivity index (χ2v) is 4.76. The molecule has 0 N–H and O–H groups in total. The van der Waals surface area contributed by atoms with Gasteiger partial charge in [0.25, 0.3) is 0 Å². The molecule has 0 saturated carbocycles. The third kappa shape index (κ3) is 4.09. The molecule has 2 aromatic carbocycles. The van der Waals surface area contributed by atoms with Crippen molar-refractivity contribution in [1.82, 2.24) is 0 Å². The lowest BCUT2D eigenvalue weighted by Crippen LogP contribution is -2.17. The van der Waals surface area contributed by atoms with Crippen molar-refractivity contribution >= 4 is 0 Å². The summed E-state index contributed by atoms with van der Waals surface area (Å²) < 4.78 is 5.67. The topological polar surface area (TPSA) is 52.4 Å². The molecule has 1 atom stereocenters. The minimum absolute atomic E-state index is 0.264. The van der Waals surface area contributed by atoms with Crippen LogP contribution in [0.2, 0.25) is 0 Å². The summed E-state index contributed by atoms with van der Waals surface area (Å²) in [7, 11) is 0. The van der Waals surface area contributed by atoms with Gasteiger partial charge in [0.15, 0.2) is 0 Å². The molecule has 0 heterocycles. The second kappa shape index (κ2) is 6.70. The van der Waals surface area contributed by atoms with Crippen LogP contribution in [0, 0.1) is 10.1 Å². The van der Waals surface area contributed by atoms with E-state index < -0.39 is 6.04 Å². The summed E-state index contributed by atoms with van der Waals surface area (Å²) in [6, 6.07) is 16.8. The monoisotopic (exact) mass is 271 g/mol. The molecule has 0 aromatic heterocycles. The number of rotatable bonds is 6. The molecule has 0 saturated heterocycles. The van der Waals surface area contributed by atoms with E-state index in [4.69, 9.17) is 4.74 Å². The molecule has 104 valence electrons. The third-order valence-corrected chi connectivity index (χ3v) is 3.06. The van der Waals surface area contributed by atoms with Crippen molar-refractivity contribution in [3.05, 3.63) is 75.8 Å². The highest BCUT2D eigenvalue weighted by Gasteiger charge is 2.13. The molecule has 0 aliphatic rings. The van der Waals surface area contributed by atoms with E-state index in [-0.39, 0.29) is 4.92 Å². The average Bonchev–Trinajstić information content (AvgIpc) is 2.47. The number of benzene rings is 2. The normalized spacial score (nSPS) is 11.8. The Kier molecular flexibility index (Phi) is 4.71. The molecule has 4 heteroatoms. The van der Waals surface area contributed by atoms with Crippen LogP contribution >= 0.6 is 0 Å². The molecule has 0 spiro atoms. The van der Waals surface area contributed by atoms with E-state index >= 15 is 0 Å². The van der Waals surface area contributed by atoms with Crippen LogP contribution in [0.25, 0.3) is 0 Å². The first-order chi connectivity index (χ1) is 9.65. The molecular weight excluding hydrogens is 254 g/mol. The van der Waals surface area contributed by atoms with Crippen LogP contribution in [0.4, 0.5) is 0 Å². The van der Waals surface area contributed by atoms with E-state index in [9.17, 15) is 10.1 Å². The standard InChI is InChI=1S/C16H17NO3/c1-13(17(18)19)11-14-7-9-16(10-8-14)20-12-15-5-3-2-4-6-15/h2-10,13H,11-12H2,1H3/t13-/m0/s1. The number of hydrogen-bond acceptors (Lipinski definition) is 3. The lowest BCUT2D eigenvalue weighted by molar-refractivity contribution is -0.517. The van der Waals surface area contributed by atoms with Gasteiger partial charge in [0, 0.05) is 18.3 Å². The van der Waals surface area contributed by atoms with Crippen LogP contribution in [0.1, 0.15) is 18.1 Å². The summed E-state index contributed by atoms with van der Waals surface area (Å²) in [5, 5.41) is 10.6. The van der Waals surface area contributed by atoms with Gasteiger partial charge in [0.05, 0.1) is 0 Å². The Morgan fingerprint density at radius 2 is 1.70 bits per heavy atom. The zero-order valence-electron chi connectivity index (χ0n) is 11.4. The minimum Gasteiger partial charge on any atom is -0.489 e. The van der Waals surface area contributed by atoms with Crippen LogP contribution in [0.3, 0.4) is 0 Å². The quantitative estimate of drug-likeness (QED) is 0.597. The van der Waals surface area contributed by atoms with Gasteiger partial charge in [-0.2, -0.15) is 0 Å². The second-order valence-electron chi connectivity index (χ2n) is 4.76. The van der Waals surface area contributed by atoms with E-state index in [0.717, 1.165) is 16.9 Å². The molecular formula is C16H17NO3. The Morgan fingerprint density at radius 3 is 2.30 bits per heavy atom. The fourth-order valence-electron chi connectivity index (χ4n) is 1.88. The Labute approximate surface area is 118 Å². The van der Waals surface area contributed by atoms with Gasteiger partial charge in [-0.05, 0) is 23.3 Å². The molecule has 0 radical (unpaired) electrons. The van der Waals surface area contributed by atoms with Gasteiger partial charge in [-0.1, -0.05) is 42.5 Å². The fraction of sp³-hybridized carbons (Fsp3) is 0.250. The van der Waals surface area contributed by atoms with Gasteiger partial charge in [0.2, 0.25) is 6.04 Å². The van der Waals surface area contributed by atoms with Crippen molar-refractivity contribution in [2.45, 2.75) is 26.0 Å². The van der Waals surface area contributed by atoms with Gasteiger partial charge in [-0.25, -0.2) is 0 Å². The van der Waals surface area contributed by atoms with E-state index in [1.165, 1.54) is 0 Å². The maximum absolute atomic E-state index is 10.6. The molecule has 2 aromatic rings. The van der Waals surface area contributed by atoms with Crippen molar-refractivity contribution < 1.29 is 9.66 Å². The Bertz CT molecular complexity index is 552. The molecule has 0 unspecified atom stereocenters. The fourth-order valence-corrected chi connectivity index (χ4v) is 1.88. The smallest absolute Gasteiger partial charge is 0.214 e. The first-order valence-corrected chi connectivity index (χ1v) is 6.54. The zero-order chi connectivity index (χ0) is 14.4. The summed E-state index contributed by atoms with van der Waals surface area (Å²) in [5.41, 5.74) is 2.06. The highest BCUT2D eigenvalue weighted by molar-refractivity contribution is 5.28. The van der Waals surface area contributed by atoms with Crippen molar-refractivity contribution in [2.24, 2.45) is 0 Å². The SMILES string of the molecule is C[C@@H](Cc1ccc(OCc2ccccc2)cc1)[N+](=O)[O-]. The Balaban J connectivity index is 1.90. The van der Waals surface area contributed by atoms with Crippen LogP contribution in [0.15, 0.2) is 54.6 Å². The van der Waals surface area contributed by atoms with E-state index in [1.807, 2.05) is 54.6 Å². The van der Waals surface area contributed by atoms with Crippen LogP contribution in [-0.4, -0.2) is 11.0 Å². The first-order valence-electron chi connectivity index (χ1n) is 6.54. The van der Waals surface area contributed by atoms with Crippen LogP contribution in [-0.2, 0) is 13.0 Å². The summed E-state index contributed by atoms with van der Waals surface area (Å²) >= 11 is 0. The number of hydrogen-bond donors (Lipinski definition) is 0. The lowest BCUT2D eigenvalue weighted by atomic mass is 10.1. The molecule has 0 aliphatic carbocycles. The van der Waals surface area contributed by atoms with Gasteiger partial charge >= 0.3 is 0 Å². The van der Waals surface area contributed by atoms with E-state index in [0.29, 0.717) is 13.0 Å². The summed E-state index contributed by atoms with van der Waals surface area (Å²) in [6.07, 6.45) is 0.436. The predicted octanol–water partition coefficient (Wildman–Crippen LogP) is 3.47. The zero-order valence-corrected chi connectivity index (χ0v) is 11.4. The highest BCUT2D eigenvalue weighted by Crippen LogP contribution is 2.15. The van der Waals surface area contributed by atoms with Crippen molar-refractivity contribution in [2.75, 3.05) is 0 Å². The van der Waals surface area contributed by atoms with Gasteiger partial charge < -0.3 is 4.74 Å². The van der Waals surface area contributed by atoms with Crippen LogP contribution < -0.4 is 4.74 Å². The number of nitro groups is 1. The molecule has 0 fully saturated rings. The largest absolute Gasteiger partial charge is 0.489 e. The van der Waals surface area contributed by atoms with E-state index in [2.05, 4.69) is 0 Å². The van der Waals surface area contributed by atoms with Gasteiger partial charge in [-0.15, -0.1) is 0 Å². The Hall–Kier alpha value is -2.36. The third-order valence-electron chi connectivity index (χ3n) is 3.06. The summed E-state index contributed by atoms with van der Waals surface area (Å²) in [4.78, 5) is 10.3. The molecule has 0 amide bonds. The maximum atomic E-state index is 10.6. The highest BCUT2D eigenvalue weighted by atomic mass is 16.6. The average molecular weight is 271 g/mol. The number of nitrogens with zero attached hydrogens (tertiary/aromatic N) is 1. The van der Waals surface area contributed by atoms with Crippen molar-refractivity contribution in [3.63, 3.8) is 0 Å². The molecule has 4 nitrogen and oxygen atoms in total. The van der Waals surface area contributed by atoms with E-state index in [1.54, 1.807) is 6.92 Å². The minimum atomic E-state index is -0.564. The first kappa shape index (κ1) is 14.1. The van der Waals surface area contributed by atoms with Gasteiger partial charge in [-0.3, -0.25) is 10.1 Å². The Morgan fingerprint density at radius 1 is 1.05 bits per heavy atom. The molecule has 20 heavy (non-hydrogen) atoms. The molecule has 2 rings (SSSR count).